The topological polar surface area (TPSA) is 20.2 Å². The van der Waals surface area contributed by atoms with Crippen LogP contribution in [0.1, 0.15) is 5.56 Å². The Morgan fingerprint density at radius 2 is 0.852 bits per heavy atom. The number of phenols is 1. The number of phenolic OH excluding ortho intramolecular Hbond substituents is 1. The Kier molecular flexibility index (Phi) is 5.05. The first-order valence-electron chi connectivity index (χ1n) is 9.24. The Labute approximate surface area is 161 Å². The van der Waals surface area contributed by atoms with Gasteiger partial charge < -0.3 is 0 Å². The molecule has 2 heteroatoms. The van der Waals surface area contributed by atoms with Crippen LogP contribution in [0.15, 0.2) is 115 Å². The molecule has 0 fully saturated rings. The fourth-order valence-electron chi connectivity index (χ4n) is 3.92. The molecule has 4 aromatic rings. The molecule has 0 spiro atoms. The average molecular weight is 370 g/mol. The summed E-state index contributed by atoms with van der Waals surface area (Å²) >= 11 is 0. The van der Waals surface area contributed by atoms with Crippen molar-refractivity contribution in [1.29, 1.82) is 0 Å². The molecule has 27 heavy (non-hydrogen) atoms. The van der Waals surface area contributed by atoms with Crippen LogP contribution in [0, 0.1) is 0 Å². The number of hydrogen-bond donors (Lipinski definition) is 1. The van der Waals surface area contributed by atoms with E-state index in [1.165, 1.54) is 15.9 Å². The molecule has 0 amide bonds. The van der Waals surface area contributed by atoms with Crippen LogP contribution in [-0.2, 0) is 6.16 Å². The Morgan fingerprint density at radius 1 is 0.481 bits per heavy atom. The van der Waals surface area contributed by atoms with Gasteiger partial charge in [0.25, 0.3) is 0 Å². The first-order valence-corrected chi connectivity index (χ1v) is 11.4. The van der Waals surface area contributed by atoms with Crippen molar-refractivity contribution >= 4 is 23.2 Å². The van der Waals surface area contributed by atoms with Crippen molar-refractivity contribution in [2.45, 2.75) is 6.16 Å². The van der Waals surface area contributed by atoms with Crippen molar-refractivity contribution in [1.82, 2.24) is 0 Å². The van der Waals surface area contributed by atoms with E-state index in [1.54, 1.807) is 6.07 Å². The first-order chi connectivity index (χ1) is 13.3. The molecule has 0 saturated heterocycles. The van der Waals surface area contributed by atoms with Crippen LogP contribution in [0.5, 0.6) is 5.75 Å². The van der Waals surface area contributed by atoms with Crippen molar-refractivity contribution in [3.8, 4) is 5.75 Å². The van der Waals surface area contributed by atoms with Crippen molar-refractivity contribution in [2.75, 3.05) is 0 Å². The van der Waals surface area contributed by atoms with E-state index in [9.17, 15) is 5.11 Å². The number of para-hydroxylation sites is 1. The quantitative estimate of drug-likeness (QED) is 0.508. The molecular weight excluding hydrogens is 347 g/mol. The molecule has 0 heterocycles. The van der Waals surface area contributed by atoms with Gasteiger partial charge in [-0.1, -0.05) is 0 Å². The predicted molar refractivity (Wildman–Crippen MR) is 118 cm³/mol. The van der Waals surface area contributed by atoms with Gasteiger partial charge in [0, 0.05) is 0 Å². The van der Waals surface area contributed by atoms with Crippen molar-refractivity contribution < 1.29 is 5.11 Å². The predicted octanol–water partition coefficient (Wildman–Crippen LogP) is 4.62. The fourth-order valence-corrected chi connectivity index (χ4v) is 8.69. The van der Waals surface area contributed by atoms with Gasteiger partial charge >= 0.3 is 161 Å². The summed E-state index contributed by atoms with van der Waals surface area (Å²) < 4.78 is 0. The van der Waals surface area contributed by atoms with Crippen molar-refractivity contribution in [3.05, 3.63) is 121 Å². The summed E-state index contributed by atoms with van der Waals surface area (Å²) in [5, 5.41) is 14.6. The second-order valence-electron chi connectivity index (χ2n) is 6.81. The molecule has 4 rings (SSSR count). The standard InChI is InChI=1S/C25H23OP/c26-25-19-11-10-12-21(25)20-27(22-13-4-1-5-14-22,23-15-6-2-7-16-23)24-17-8-3-9-18-24/h1-19,26-27H,20H2. The minimum atomic E-state index is -2.36. The molecule has 0 atom stereocenters. The molecule has 1 N–H and O–H groups in total. The van der Waals surface area contributed by atoms with E-state index in [-0.39, 0.29) is 0 Å². The molecule has 0 unspecified atom stereocenters. The normalized spacial score (nSPS) is 11.9. The van der Waals surface area contributed by atoms with E-state index >= 15 is 0 Å². The summed E-state index contributed by atoms with van der Waals surface area (Å²) in [7, 11) is -2.36. The zero-order chi connectivity index (χ0) is 18.5. The zero-order valence-corrected chi connectivity index (χ0v) is 16.1. The molecule has 0 saturated carbocycles. The first kappa shape index (κ1) is 17.5. The van der Waals surface area contributed by atoms with Crippen LogP contribution in [0.25, 0.3) is 0 Å². The SMILES string of the molecule is Oc1ccccc1C[PH](c1ccccc1)(c1ccccc1)c1ccccc1. The second kappa shape index (κ2) is 7.78. The third kappa shape index (κ3) is 3.39. The summed E-state index contributed by atoms with van der Waals surface area (Å²) in [6, 6.07) is 40.1. The van der Waals surface area contributed by atoms with Gasteiger partial charge in [0.1, 0.15) is 0 Å². The molecular formula is C25H23OP. The molecule has 0 radical (unpaired) electrons. The van der Waals surface area contributed by atoms with E-state index < -0.39 is 7.26 Å². The summed E-state index contributed by atoms with van der Waals surface area (Å²) in [5.41, 5.74) is 1.00. The van der Waals surface area contributed by atoms with Gasteiger partial charge in [-0.15, -0.1) is 0 Å². The second-order valence-corrected chi connectivity index (χ2v) is 10.7. The third-order valence-electron chi connectivity index (χ3n) is 5.25. The van der Waals surface area contributed by atoms with E-state index in [0.29, 0.717) is 5.75 Å². The van der Waals surface area contributed by atoms with E-state index in [4.69, 9.17) is 0 Å². The maximum absolute atomic E-state index is 10.5. The van der Waals surface area contributed by atoms with Gasteiger partial charge in [-0.25, -0.2) is 0 Å². The van der Waals surface area contributed by atoms with Gasteiger partial charge in [-0.3, -0.25) is 0 Å². The fraction of sp³-hybridized carbons (Fsp3) is 0.0400. The summed E-state index contributed by atoms with van der Waals surface area (Å²) in [6.45, 7) is 0. The molecule has 0 aliphatic heterocycles. The molecule has 0 aliphatic carbocycles. The molecule has 134 valence electrons. The number of hydrogen-bond acceptors (Lipinski definition) is 1. The number of rotatable bonds is 5. The van der Waals surface area contributed by atoms with Crippen LogP contribution in [0.4, 0.5) is 0 Å². The van der Waals surface area contributed by atoms with E-state index in [1.807, 2.05) is 18.2 Å². The summed E-state index contributed by atoms with van der Waals surface area (Å²) in [6.07, 6.45) is 0.817. The average Bonchev–Trinajstić information content (AvgIpc) is 2.75. The van der Waals surface area contributed by atoms with Crippen LogP contribution in [-0.4, -0.2) is 5.11 Å². The molecule has 0 bridgehead atoms. The third-order valence-corrected chi connectivity index (χ3v) is 10.1. The van der Waals surface area contributed by atoms with E-state index in [2.05, 4.69) is 91.0 Å². The summed E-state index contributed by atoms with van der Waals surface area (Å²) in [4.78, 5) is 0. The van der Waals surface area contributed by atoms with E-state index in [0.717, 1.165) is 11.7 Å². The van der Waals surface area contributed by atoms with Gasteiger partial charge in [0.15, 0.2) is 0 Å². The number of aromatic hydroxyl groups is 1. The Hall–Kier alpha value is -2.89. The van der Waals surface area contributed by atoms with Gasteiger partial charge in [0.2, 0.25) is 0 Å². The van der Waals surface area contributed by atoms with Gasteiger partial charge in [0.05, 0.1) is 0 Å². The van der Waals surface area contributed by atoms with Crippen LogP contribution >= 0.6 is 7.26 Å². The molecule has 1 nitrogen and oxygen atoms in total. The van der Waals surface area contributed by atoms with Gasteiger partial charge in [-0.2, -0.15) is 0 Å². The summed E-state index contributed by atoms with van der Waals surface area (Å²) in [5.74, 6) is 0.372. The molecule has 4 aromatic carbocycles. The number of benzene rings is 4. The van der Waals surface area contributed by atoms with Crippen LogP contribution in [0.3, 0.4) is 0 Å². The Bertz CT molecular complexity index is 901. The maximum atomic E-state index is 10.5. The zero-order valence-electron chi connectivity index (χ0n) is 15.1. The minimum absolute atomic E-state index is 0.372. The molecule has 0 aromatic heterocycles. The van der Waals surface area contributed by atoms with Crippen molar-refractivity contribution in [3.63, 3.8) is 0 Å². The van der Waals surface area contributed by atoms with Crippen LogP contribution < -0.4 is 15.9 Å². The Balaban J connectivity index is 2.02. The van der Waals surface area contributed by atoms with Gasteiger partial charge in [-0.05, 0) is 0 Å². The monoisotopic (exact) mass is 370 g/mol. The van der Waals surface area contributed by atoms with Crippen LogP contribution in [0.2, 0.25) is 0 Å². The molecule has 0 aliphatic rings. The van der Waals surface area contributed by atoms with Crippen molar-refractivity contribution in [2.24, 2.45) is 0 Å². The Morgan fingerprint density at radius 3 is 1.26 bits per heavy atom.